The fraction of sp³-hybridized carbons (Fsp3) is 1.00. The zero-order chi connectivity index (χ0) is 10.4. The van der Waals surface area contributed by atoms with Crippen LogP contribution in [0, 0.1) is 0 Å². The summed E-state index contributed by atoms with van der Waals surface area (Å²) in [7, 11) is -6.58. The molecule has 0 unspecified atom stereocenters. The van der Waals surface area contributed by atoms with E-state index in [1.807, 2.05) is 0 Å². The summed E-state index contributed by atoms with van der Waals surface area (Å²) < 4.78 is 59.4. The van der Waals surface area contributed by atoms with Gasteiger partial charge in [0.2, 0.25) is 0 Å². The van der Waals surface area contributed by atoms with Gasteiger partial charge in [0, 0.05) is 0 Å². The van der Waals surface area contributed by atoms with Crippen molar-refractivity contribution in [3.05, 3.63) is 0 Å². The largest absolute Gasteiger partial charge is 2.00 e. The minimum atomic E-state index is -4.16. The van der Waals surface area contributed by atoms with Crippen LogP contribution in [0.4, 0.5) is 0 Å². The van der Waals surface area contributed by atoms with Crippen LogP contribution in [0.15, 0.2) is 0 Å². The molecule has 0 saturated carbocycles. The molecule has 0 radical (unpaired) electrons. The van der Waals surface area contributed by atoms with Crippen molar-refractivity contribution in [2.45, 2.75) is 0 Å². The summed E-state index contributed by atoms with van der Waals surface area (Å²) in [6, 6.07) is 0. The van der Waals surface area contributed by atoms with Gasteiger partial charge in [-0.3, -0.25) is 17.5 Å². The Morgan fingerprint density at radius 1 is 0.846 bits per heavy atom. The smallest absolute Gasteiger partial charge is 0.264 e. The molecule has 0 aliphatic heterocycles. The molecule has 0 heterocycles. The van der Waals surface area contributed by atoms with Crippen LogP contribution in [0.25, 0.3) is 0 Å². The van der Waals surface area contributed by atoms with E-state index < -0.39 is 20.8 Å². The summed E-state index contributed by atoms with van der Waals surface area (Å²) in [5.41, 5.74) is 0. The van der Waals surface area contributed by atoms with Gasteiger partial charge >= 0.3 is 43.9 Å². The molecule has 13 heavy (non-hydrogen) atoms. The van der Waals surface area contributed by atoms with Gasteiger partial charge in [-0.05, 0) is 0 Å². The summed E-state index contributed by atoms with van der Waals surface area (Å²) in [6.07, 6.45) is 0. The molecule has 76 valence electrons. The maximum atomic E-state index is 9.33. The summed E-state index contributed by atoms with van der Waals surface area (Å²) in [5, 5.41) is 0. The maximum absolute atomic E-state index is 9.33. The van der Waals surface area contributed by atoms with E-state index in [0.717, 1.165) is 14.2 Å². The SMILES string of the molecule is COS(=O)(=O)O.COS(=O)(=O)O.[Mg+2]. The average Bonchev–Trinajstić information content (AvgIpc) is 1.86. The van der Waals surface area contributed by atoms with E-state index in [4.69, 9.17) is 9.11 Å². The Morgan fingerprint density at radius 3 is 0.923 bits per heavy atom. The van der Waals surface area contributed by atoms with Gasteiger partial charge in [0.25, 0.3) is 0 Å². The third-order valence-electron chi connectivity index (χ3n) is 0.421. The molecular formula is C2H8MgO8S2+2. The van der Waals surface area contributed by atoms with E-state index in [0.29, 0.717) is 0 Å². The molecule has 0 fully saturated rings. The first kappa shape index (κ1) is 19.1. The Balaban J connectivity index is -0.000000143. The normalized spacial score (nSPS) is 10.8. The predicted octanol–water partition coefficient (Wildman–Crippen LogP) is -1.51. The molecule has 0 atom stereocenters. The Hall–Kier alpha value is 0.506. The first-order valence-electron chi connectivity index (χ1n) is 2.18. The Bertz CT molecular complexity index is 256. The molecule has 0 spiro atoms. The second-order valence-electron chi connectivity index (χ2n) is 1.19. The fourth-order valence-corrected chi connectivity index (χ4v) is 0. The van der Waals surface area contributed by atoms with Crippen molar-refractivity contribution < 1.29 is 34.3 Å². The zero-order valence-corrected chi connectivity index (χ0v) is 9.91. The molecule has 0 amide bonds. The summed E-state index contributed by atoms with van der Waals surface area (Å²) in [4.78, 5) is 0. The zero-order valence-electron chi connectivity index (χ0n) is 6.87. The average molecular weight is 249 g/mol. The molecular weight excluding hydrogens is 240 g/mol. The van der Waals surface area contributed by atoms with E-state index >= 15 is 0 Å². The van der Waals surface area contributed by atoms with Gasteiger partial charge in [-0.1, -0.05) is 0 Å². The minimum Gasteiger partial charge on any atom is -0.264 e. The molecule has 2 N–H and O–H groups in total. The molecule has 0 aromatic carbocycles. The van der Waals surface area contributed by atoms with Gasteiger partial charge < -0.3 is 0 Å². The third-order valence-corrected chi connectivity index (χ3v) is 1.26. The molecule has 0 aliphatic rings. The van der Waals surface area contributed by atoms with Crippen LogP contribution in [0.5, 0.6) is 0 Å². The van der Waals surface area contributed by atoms with Gasteiger partial charge in [0.05, 0.1) is 14.2 Å². The molecule has 0 aliphatic carbocycles. The fourth-order valence-electron chi connectivity index (χ4n) is 0. The Kier molecular flexibility index (Phi) is 11.6. The van der Waals surface area contributed by atoms with Gasteiger partial charge in [-0.2, -0.15) is 16.8 Å². The molecule has 8 nitrogen and oxygen atoms in total. The van der Waals surface area contributed by atoms with Crippen molar-refractivity contribution in [1.29, 1.82) is 0 Å². The minimum absolute atomic E-state index is 0. The first-order valence-corrected chi connectivity index (χ1v) is 4.91. The molecule has 0 aromatic rings. The van der Waals surface area contributed by atoms with Crippen LogP contribution < -0.4 is 0 Å². The molecule has 0 bridgehead atoms. The van der Waals surface area contributed by atoms with Crippen LogP contribution >= 0.6 is 0 Å². The maximum Gasteiger partial charge on any atom is 2.00 e. The monoisotopic (exact) mass is 248 g/mol. The van der Waals surface area contributed by atoms with Crippen molar-refractivity contribution in [3.8, 4) is 0 Å². The molecule has 0 saturated heterocycles. The van der Waals surface area contributed by atoms with Crippen molar-refractivity contribution in [2.75, 3.05) is 14.2 Å². The van der Waals surface area contributed by atoms with E-state index in [1.165, 1.54) is 0 Å². The van der Waals surface area contributed by atoms with E-state index in [1.54, 1.807) is 0 Å². The number of rotatable bonds is 2. The van der Waals surface area contributed by atoms with Crippen LogP contribution in [-0.4, -0.2) is 63.2 Å². The van der Waals surface area contributed by atoms with E-state index in [2.05, 4.69) is 8.37 Å². The standard InChI is InChI=1S/2CH4O4S.Mg/c2*1-5-6(2,3)4;/h2*1H3,(H,2,3,4);/q;;+2. The van der Waals surface area contributed by atoms with Crippen LogP contribution in [0.2, 0.25) is 0 Å². The second-order valence-corrected chi connectivity index (χ2v) is 3.57. The Labute approximate surface area is 92.3 Å². The molecule has 0 aromatic heterocycles. The van der Waals surface area contributed by atoms with Gasteiger partial charge in [0.15, 0.2) is 0 Å². The summed E-state index contributed by atoms with van der Waals surface area (Å²) >= 11 is 0. The topological polar surface area (TPSA) is 127 Å². The van der Waals surface area contributed by atoms with Crippen LogP contribution in [0.3, 0.4) is 0 Å². The van der Waals surface area contributed by atoms with Crippen molar-refractivity contribution in [3.63, 3.8) is 0 Å². The van der Waals surface area contributed by atoms with Crippen molar-refractivity contribution >= 4 is 43.9 Å². The molecule has 11 heteroatoms. The second kappa shape index (κ2) is 7.87. The van der Waals surface area contributed by atoms with Gasteiger partial charge in [0.1, 0.15) is 0 Å². The summed E-state index contributed by atoms with van der Waals surface area (Å²) in [6.45, 7) is 0. The predicted molar refractivity (Wildman–Crippen MR) is 42.9 cm³/mol. The van der Waals surface area contributed by atoms with Crippen LogP contribution in [0.1, 0.15) is 0 Å². The van der Waals surface area contributed by atoms with Crippen molar-refractivity contribution in [2.24, 2.45) is 0 Å². The van der Waals surface area contributed by atoms with Gasteiger partial charge in [-0.25, -0.2) is 0 Å². The van der Waals surface area contributed by atoms with Crippen molar-refractivity contribution in [1.82, 2.24) is 0 Å². The first-order chi connectivity index (χ1) is 5.12. The summed E-state index contributed by atoms with van der Waals surface area (Å²) in [5.74, 6) is 0. The third kappa shape index (κ3) is 32.6. The van der Waals surface area contributed by atoms with Crippen LogP contribution in [-0.2, 0) is 29.2 Å². The number of hydrogen-bond donors (Lipinski definition) is 2. The quantitative estimate of drug-likeness (QED) is 0.446. The van der Waals surface area contributed by atoms with E-state index in [9.17, 15) is 16.8 Å². The Morgan fingerprint density at radius 2 is 0.923 bits per heavy atom. The number of hydrogen-bond acceptors (Lipinski definition) is 6. The van der Waals surface area contributed by atoms with Gasteiger partial charge in [-0.15, -0.1) is 0 Å². The van der Waals surface area contributed by atoms with E-state index in [-0.39, 0.29) is 23.1 Å². The molecule has 0 rings (SSSR count).